The van der Waals surface area contributed by atoms with Crippen LogP contribution >= 0.6 is 23.4 Å². The molecule has 3 aromatic rings. The second-order valence-electron chi connectivity index (χ2n) is 5.51. The molecular formula is C19H20ClN3OS. The van der Waals surface area contributed by atoms with Gasteiger partial charge in [0.1, 0.15) is 12.4 Å². The molecule has 0 unspecified atom stereocenters. The highest BCUT2D eigenvalue weighted by Crippen LogP contribution is 2.24. The van der Waals surface area contributed by atoms with Crippen LogP contribution in [0.4, 0.5) is 0 Å². The molecule has 0 aliphatic heterocycles. The molecule has 25 heavy (non-hydrogen) atoms. The number of halogens is 1. The van der Waals surface area contributed by atoms with E-state index >= 15 is 0 Å². The van der Waals surface area contributed by atoms with Crippen LogP contribution in [0.2, 0.25) is 5.02 Å². The fourth-order valence-electron chi connectivity index (χ4n) is 2.31. The lowest BCUT2D eigenvalue weighted by Crippen LogP contribution is -2.06. The standard InChI is InChI=1S/C19H20ClN3OS/c1-2-3-13-25-19-22-21-18(23(19)16-7-5-4-6-8-16)14-24-17-11-9-15(20)10-12-17/h4-12H,2-3,13-14H2,1H3. The zero-order chi connectivity index (χ0) is 17.5. The second-order valence-corrected chi connectivity index (χ2v) is 7.01. The molecule has 1 aromatic heterocycles. The summed E-state index contributed by atoms with van der Waals surface area (Å²) >= 11 is 7.64. The topological polar surface area (TPSA) is 39.9 Å². The van der Waals surface area contributed by atoms with Gasteiger partial charge in [0, 0.05) is 16.5 Å². The Kier molecular flexibility index (Phi) is 6.36. The highest BCUT2D eigenvalue weighted by atomic mass is 35.5. The minimum atomic E-state index is 0.345. The number of thioether (sulfide) groups is 1. The van der Waals surface area contributed by atoms with E-state index in [1.54, 1.807) is 11.8 Å². The van der Waals surface area contributed by atoms with Gasteiger partial charge >= 0.3 is 0 Å². The molecule has 1 heterocycles. The molecule has 4 nitrogen and oxygen atoms in total. The third-order valence-electron chi connectivity index (χ3n) is 3.63. The van der Waals surface area contributed by atoms with Crippen LogP contribution in [-0.2, 0) is 6.61 Å². The van der Waals surface area contributed by atoms with Gasteiger partial charge in [-0.15, -0.1) is 10.2 Å². The first-order valence-electron chi connectivity index (χ1n) is 8.29. The molecule has 0 fully saturated rings. The summed E-state index contributed by atoms with van der Waals surface area (Å²) in [7, 11) is 0. The van der Waals surface area contributed by atoms with Crippen LogP contribution in [0.15, 0.2) is 59.8 Å². The summed E-state index contributed by atoms with van der Waals surface area (Å²) in [5.74, 6) is 2.56. The number of aromatic nitrogens is 3. The van der Waals surface area contributed by atoms with Gasteiger partial charge in [0.05, 0.1) is 0 Å². The smallest absolute Gasteiger partial charge is 0.195 e. The first kappa shape index (κ1) is 17.8. The fraction of sp³-hybridized carbons (Fsp3) is 0.263. The SMILES string of the molecule is CCCCSc1nnc(COc2ccc(Cl)cc2)n1-c1ccccc1. The number of hydrogen-bond donors (Lipinski definition) is 0. The largest absolute Gasteiger partial charge is 0.486 e. The Balaban J connectivity index is 1.81. The summed E-state index contributed by atoms with van der Waals surface area (Å²) in [6.45, 7) is 2.53. The van der Waals surface area contributed by atoms with E-state index in [0.29, 0.717) is 11.6 Å². The van der Waals surface area contributed by atoms with Crippen LogP contribution in [0, 0.1) is 0 Å². The molecule has 3 rings (SSSR count). The molecule has 0 aliphatic rings. The molecule has 0 N–H and O–H groups in total. The Labute approximate surface area is 157 Å². The zero-order valence-electron chi connectivity index (χ0n) is 14.1. The van der Waals surface area contributed by atoms with E-state index in [9.17, 15) is 0 Å². The maximum atomic E-state index is 5.91. The average Bonchev–Trinajstić information content (AvgIpc) is 3.05. The minimum absolute atomic E-state index is 0.345. The minimum Gasteiger partial charge on any atom is -0.486 e. The van der Waals surface area contributed by atoms with Crippen molar-refractivity contribution < 1.29 is 4.74 Å². The molecule has 0 bridgehead atoms. The van der Waals surface area contributed by atoms with Crippen molar-refractivity contribution >= 4 is 23.4 Å². The van der Waals surface area contributed by atoms with Crippen LogP contribution in [0.5, 0.6) is 5.75 Å². The van der Waals surface area contributed by atoms with Gasteiger partial charge < -0.3 is 4.74 Å². The van der Waals surface area contributed by atoms with Crippen molar-refractivity contribution in [2.45, 2.75) is 31.5 Å². The van der Waals surface area contributed by atoms with E-state index in [1.165, 1.54) is 6.42 Å². The van der Waals surface area contributed by atoms with Crippen molar-refractivity contribution in [3.8, 4) is 11.4 Å². The molecule has 130 valence electrons. The summed E-state index contributed by atoms with van der Waals surface area (Å²) in [5.41, 5.74) is 1.04. The van der Waals surface area contributed by atoms with Gasteiger partial charge in [0.15, 0.2) is 11.0 Å². The first-order chi connectivity index (χ1) is 12.3. The monoisotopic (exact) mass is 373 g/mol. The molecule has 0 saturated heterocycles. The van der Waals surface area contributed by atoms with E-state index in [-0.39, 0.29) is 0 Å². The van der Waals surface area contributed by atoms with Crippen LogP contribution in [0.25, 0.3) is 5.69 Å². The lowest BCUT2D eigenvalue weighted by Gasteiger charge is -2.11. The summed E-state index contributed by atoms with van der Waals surface area (Å²) < 4.78 is 7.92. The van der Waals surface area contributed by atoms with Gasteiger partial charge in [-0.1, -0.05) is 54.9 Å². The number of benzene rings is 2. The van der Waals surface area contributed by atoms with Crippen molar-refractivity contribution in [1.29, 1.82) is 0 Å². The maximum absolute atomic E-state index is 5.91. The van der Waals surface area contributed by atoms with Crippen molar-refractivity contribution in [2.24, 2.45) is 0 Å². The summed E-state index contributed by atoms with van der Waals surface area (Å²) in [4.78, 5) is 0. The summed E-state index contributed by atoms with van der Waals surface area (Å²) in [5, 5.41) is 10.3. The Morgan fingerprint density at radius 1 is 1.04 bits per heavy atom. The molecule has 0 amide bonds. The lowest BCUT2D eigenvalue weighted by molar-refractivity contribution is 0.293. The summed E-state index contributed by atoms with van der Waals surface area (Å²) in [6.07, 6.45) is 2.32. The van der Waals surface area contributed by atoms with Crippen molar-refractivity contribution in [3.05, 3.63) is 65.4 Å². The Morgan fingerprint density at radius 3 is 2.52 bits per heavy atom. The lowest BCUT2D eigenvalue weighted by atomic mass is 10.3. The van der Waals surface area contributed by atoms with Gasteiger partial charge in [0.2, 0.25) is 0 Å². The molecule has 0 saturated carbocycles. The highest BCUT2D eigenvalue weighted by molar-refractivity contribution is 7.99. The number of rotatable bonds is 8. The first-order valence-corrected chi connectivity index (χ1v) is 9.65. The Hall–Kier alpha value is -1.98. The predicted molar refractivity (Wildman–Crippen MR) is 103 cm³/mol. The van der Waals surface area contributed by atoms with E-state index < -0.39 is 0 Å². The number of hydrogen-bond acceptors (Lipinski definition) is 4. The highest BCUT2D eigenvalue weighted by Gasteiger charge is 2.14. The molecule has 2 aromatic carbocycles. The van der Waals surface area contributed by atoms with Gasteiger partial charge in [-0.3, -0.25) is 4.57 Å². The normalized spacial score (nSPS) is 10.8. The number of nitrogens with zero attached hydrogens (tertiary/aromatic N) is 3. The zero-order valence-corrected chi connectivity index (χ0v) is 15.6. The Morgan fingerprint density at radius 2 is 1.80 bits per heavy atom. The van der Waals surface area contributed by atoms with E-state index in [0.717, 1.165) is 34.6 Å². The molecule has 0 atom stereocenters. The van der Waals surface area contributed by atoms with Gasteiger partial charge in [-0.05, 0) is 42.8 Å². The van der Waals surface area contributed by atoms with E-state index in [1.807, 2.05) is 42.5 Å². The quantitative estimate of drug-likeness (QED) is 0.392. The number of para-hydroxylation sites is 1. The second kappa shape index (κ2) is 8.92. The van der Waals surface area contributed by atoms with Crippen LogP contribution in [-0.4, -0.2) is 20.5 Å². The number of unbranched alkanes of at least 4 members (excludes halogenated alkanes) is 1. The van der Waals surface area contributed by atoms with Crippen molar-refractivity contribution in [3.63, 3.8) is 0 Å². The molecule has 0 spiro atoms. The van der Waals surface area contributed by atoms with Gasteiger partial charge in [-0.2, -0.15) is 0 Å². The van der Waals surface area contributed by atoms with E-state index in [2.05, 4.69) is 33.8 Å². The van der Waals surface area contributed by atoms with Gasteiger partial charge in [0.25, 0.3) is 0 Å². The molecule has 6 heteroatoms. The summed E-state index contributed by atoms with van der Waals surface area (Å²) in [6, 6.07) is 17.5. The fourth-order valence-corrected chi connectivity index (χ4v) is 3.49. The van der Waals surface area contributed by atoms with Crippen LogP contribution in [0.3, 0.4) is 0 Å². The van der Waals surface area contributed by atoms with E-state index in [4.69, 9.17) is 16.3 Å². The van der Waals surface area contributed by atoms with Crippen molar-refractivity contribution in [1.82, 2.24) is 14.8 Å². The van der Waals surface area contributed by atoms with Gasteiger partial charge in [-0.25, -0.2) is 0 Å². The van der Waals surface area contributed by atoms with Crippen LogP contribution in [0.1, 0.15) is 25.6 Å². The third-order valence-corrected chi connectivity index (χ3v) is 4.89. The molecular weight excluding hydrogens is 354 g/mol. The Bertz CT molecular complexity index is 790. The molecule has 0 aliphatic carbocycles. The third kappa shape index (κ3) is 4.77. The molecule has 0 radical (unpaired) electrons. The predicted octanol–water partition coefficient (Wildman–Crippen LogP) is 5.39. The van der Waals surface area contributed by atoms with Crippen molar-refractivity contribution in [2.75, 3.05) is 5.75 Å². The number of ether oxygens (including phenoxy) is 1. The maximum Gasteiger partial charge on any atom is 0.195 e. The average molecular weight is 374 g/mol. The van der Waals surface area contributed by atoms with Crippen LogP contribution < -0.4 is 4.74 Å².